The van der Waals surface area contributed by atoms with Crippen molar-refractivity contribution in [3.8, 4) is 0 Å². The van der Waals surface area contributed by atoms with Crippen LogP contribution in [0.15, 0.2) is 48.5 Å². The number of hydrogen-bond acceptors (Lipinski definition) is 4. The summed E-state index contributed by atoms with van der Waals surface area (Å²) in [7, 11) is 6.18. The summed E-state index contributed by atoms with van der Waals surface area (Å²) in [6, 6.07) is 14.3. The minimum atomic E-state index is -0.340. The van der Waals surface area contributed by atoms with Crippen molar-refractivity contribution in [2.45, 2.75) is 6.04 Å². The van der Waals surface area contributed by atoms with Gasteiger partial charge in [-0.25, -0.2) is 4.39 Å². The Morgan fingerprint density at radius 3 is 2.21 bits per heavy atom. The van der Waals surface area contributed by atoms with Crippen LogP contribution in [0.4, 0.5) is 10.1 Å². The third kappa shape index (κ3) is 5.09. The van der Waals surface area contributed by atoms with E-state index in [4.69, 9.17) is 0 Å². The van der Waals surface area contributed by atoms with Gasteiger partial charge in [0.2, 0.25) is 0 Å². The molecule has 1 saturated heterocycles. The molecule has 1 fully saturated rings. The van der Waals surface area contributed by atoms with E-state index in [1.807, 2.05) is 14.1 Å². The molecule has 0 saturated carbocycles. The van der Waals surface area contributed by atoms with E-state index in [9.17, 15) is 9.18 Å². The molecule has 0 aliphatic carbocycles. The van der Waals surface area contributed by atoms with E-state index in [2.05, 4.69) is 51.3 Å². The fourth-order valence-corrected chi connectivity index (χ4v) is 3.48. The summed E-state index contributed by atoms with van der Waals surface area (Å²) in [5.41, 5.74) is 2.81. The number of amides is 1. The standard InChI is InChI=1S/C22H29FN4O/c1-25(2)20-10-6-17(7-11-20)21(27-14-12-26(3)13-15-27)16-24-22(28)18-4-8-19(23)9-5-18/h4-11,21H,12-16H2,1-3H3,(H,24,28)/t21-/m0/s1. The number of nitrogens with one attached hydrogen (secondary N) is 1. The molecule has 0 radical (unpaired) electrons. The largest absolute Gasteiger partial charge is 0.378 e. The molecule has 2 aromatic carbocycles. The third-order valence-electron chi connectivity index (χ3n) is 5.34. The minimum absolute atomic E-state index is 0.106. The molecule has 1 amide bonds. The van der Waals surface area contributed by atoms with Crippen molar-refractivity contribution >= 4 is 11.6 Å². The van der Waals surface area contributed by atoms with Crippen LogP contribution in [0.2, 0.25) is 0 Å². The summed E-state index contributed by atoms with van der Waals surface area (Å²) >= 11 is 0. The second-order valence-corrected chi connectivity index (χ2v) is 7.56. The van der Waals surface area contributed by atoms with E-state index in [0.717, 1.165) is 31.9 Å². The third-order valence-corrected chi connectivity index (χ3v) is 5.34. The zero-order valence-corrected chi connectivity index (χ0v) is 16.9. The van der Waals surface area contributed by atoms with Gasteiger partial charge in [-0.2, -0.15) is 0 Å². The summed E-state index contributed by atoms with van der Waals surface area (Å²) in [5, 5.41) is 3.04. The van der Waals surface area contributed by atoms with Gasteiger partial charge in [-0.1, -0.05) is 12.1 Å². The van der Waals surface area contributed by atoms with Crippen LogP contribution in [0.5, 0.6) is 0 Å². The molecular weight excluding hydrogens is 355 g/mol. The van der Waals surface area contributed by atoms with Crippen molar-refractivity contribution in [2.24, 2.45) is 0 Å². The van der Waals surface area contributed by atoms with Gasteiger partial charge in [0.05, 0.1) is 6.04 Å². The molecule has 0 aromatic heterocycles. The number of likely N-dealkylation sites (N-methyl/N-ethyl adjacent to an activating group) is 1. The number of anilines is 1. The van der Waals surface area contributed by atoms with E-state index in [1.165, 1.54) is 29.8 Å². The van der Waals surface area contributed by atoms with Crippen molar-refractivity contribution in [3.63, 3.8) is 0 Å². The molecule has 28 heavy (non-hydrogen) atoms. The number of nitrogens with zero attached hydrogens (tertiary/aromatic N) is 3. The summed E-state index contributed by atoms with van der Waals surface area (Å²) in [4.78, 5) is 19.3. The lowest BCUT2D eigenvalue weighted by molar-refractivity contribution is 0.0886. The van der Waals surface area contributed by atoms with E-state index < -0.39 is 0 Å². The zero-order chi connectivity index (χ0) is 20.1. The Balaban J connectivity index is 1.74. The number of piperazine rings is 1. The molecule has 2 aromatic rings. The van der Waals surface area contributed by atoms with Gasteiger partial charge < -0.3 is 15.1 Å². The smallest absolute Gasteiger partial charge is 0.251 e. The second-order valence-electron chi connectivity index (χ2n) is 7.56. The molecule has 1 heterocycles. The van der Waals surface area contributed by atoms with Crippen LogP contribution < -0.4 is 10.2 Å². The summed E-state index contributed by atoms with van der Waals surface area (Å²) in [6.45, 7) is 4.46. The first kappa shape index (κ1) is 20.3. The fourth-order valence-electron chi connectivity index (χ4n) is 3.48. The average Bonchev–Trinajstić information content (AvgIpc) is 2.70. The predicted octanol–water partition coefficient (Wildman–Crippen LogP) is 2.61. The Labute approximate surface area is 166 Å². The van der Waals surface area contributed by atoms with Crippen LogP contribution in [0.25, 0.3) is 0 Å². The molecule has 1 N–H and O–H groups in total. The molecule has 1 atom stereocenters. The topological polar surface area (TPSA) is 38.8 Å². The van der Waals surface area contributed by atoms with Crippen LogP contribution in [0.3, 0.4) is 0 Å². The summed E-state index contributed by atoms with van der Waals surface area (Å²) < 4.78 is 13.1. The van der Waals surface area contributed by atoms with Crippen molar-refractivity contribution in [2.75, 3.05) is 58.8 Å². The van der Waals surface area contributed by atoms with Crippen LogP contribution in [-0.2, 0) is 0 Å². The van der Waals surface area contributed by atoms with Crippen LogP contribution in [-0.4, -0.2) is 69.6 Å². The number of hydrogen-bond donors (Lipinski definition) is 1. The second kappa shape index (κ2) is 9.17. The zero-order valence-electron chi connectivity index (χ0n) is 16.9. The van der Waals surface area contributed by atoms with Crippen molar-refractivity contribution in [3.05, 3.63) is 65.5 Å². The highest BCUT2D eigenvalue weighted by molar-refractivity contribution is 5.94. The normalized spacial score (nSPS) is 16.6. The molecule has 3 rings (SSSR count). The molecule has 1 aliphatic heterocycles. The van der Waals surface area contributed by atoms with Crippen molar-refractivity contribution in [1.82, 2.24) is 15.1 Å². The molecule has 6 heteroatoms. The summed E-state index contributed by atoms with van der Waals surface area (Å²) in [6.07, 6.45) is 0. The first-order chi connectivity index (χ1) is 13.4. The van der Waals surface area contributed by atoms with E-state index in [-0.39, 0.29) is 17.8 Å². The molecule has 0 bridgehead atoms. The van der Waals surface area contributed by atoms with Crippen LogP contribution >= 0.6 is 0 Å². The Morgan fingerprint density at radius 2 is 1.64 bits per heavy atom. The van der Waals surface area contributed by atoms with Gasteiger partial charge in [-0.05, 0) is 49.0 Å². The predicted molar refractivity (Wildman–Crippen MR) is 111 cm³/mol. The highest BCUT2D eigenvalue weighted by Gasteiger charge is 2.24. The van der Waals surface area contributed by atoms with E-state index in [1.54, 1.807) is 0 Å². The first-order valence-corrected chi connectivity index (χ1v) is 9.67. The maximum absolute atomic E-state index is 13.1. The van der Waals surface area contributed by atoms with Crippen molar-refractivity contribution in [1.29, 1.82) is 0 Å². The highest BCUT2D eigenvalue weighted by Crippen LogP contribution is 2.24. The van der Waals surface area contributed by atoms with Crippen LogP contribution in [0.1, 0.15) is 22.0 Å². The average molecular weight is 384 g/mol. The van der Waals surface area contributed by atoms with Gasteiger partial charge in [0.15, 0.2) is 0 Å². The summed E-state index contributed by atoms with van der Waals surface area (Å²) in [5.74, 6) is -0.517. The Kier molecular flexibility index (Phi) is 6.65. The van der Waals surface area contributed by atoms with E-state index in [0.29, 0.717) is 12.1 Å². The molecule has 0 unspecified atom stereocenters. The van der Waals surface area contributed by atoms with E-state index >= 15 is 0 Å². The Bertz CT molecular complexity index is 768. The lowest BCUT2D eigenvalue weighted by Crippen LogP contribution is -2.48. The molecule has 5 nitrogen and oxygen atoms in total. The van der Waals surface area contributed by atoms with Gasteiger partial charge in [0.25, 0.3) is 5.91 Å². The highest BCUT2D eigenvalue weighted by atomic mass is 19.1. The van der Waals surface area contributed by atoms with Gasteiger partial charge in [-0.15, -0.1) is 0 Å². The Hall–Kier alpha value is -2.44. The van der Waals surface area contributed by atoms with Gasteiger partial charge in [0, 0.05) is 58.1 Å². The number of halogens is 1. The number of benzene rings is 2. The molecule has 1 aliphatic rings. The van der Waals surface area contributed by atoms with Crippen molar-refractivity contribution < 1.29 is 9.18 Å². The number of carbonyl (C=O) groups is 1. The maximum Gasteiger partial charge on any atom is 0.251 e. The lowest BCUT2D eigenvalue weighted by Gasteiger charge is -2.38. The van der Waals surface area contributed by atoms with Gasteiger partial charge in [-0.3, -0.25) is 9.69 Å². The first-order valence-electron chi connectivity index (χ1n) is 9.67. The quantitative estimate of drug-likeness (QED) is 0.831. The molecular formula is C22H29FN4O. The Morgan fingerprint density at radius 1 is 1.04 bits per heavy atom. The minimum Gasteiger partial charge on any atom is -0.378 e. The molecule has 0 spiro atoms. The number of rotatable bonds is 6. The maximum atomic E-state index is 13.1. The fraction of sp³-hybridized carbons (Fsp3) is 0.409. The molecule has 150 valence electrons. The monoisotopic (exact) mass is 384 g/mol. The SMILES string of the molecule is CN1CCN([C@@H](CNC(=O)c2ccc(F)cc2)c2ccc(N(C)C)cc2)CC1. The number of carbonyl (C=O) groups excluding carboxylic acids is 1. The van der Waals surface area contributed by atoms with Gasteiger partial charge >= 0.3 is 0 Å². The van der Waals surface area contributed by atoms with Crippen LogP contribution in [0, 0.1) is 5.82 Å². The van der Waals surface area contributed by atoms with Gasteiger partial charge in [0.1, 0.15) is 5.82 Å². The lowest BCUT2D eigenvalue weighted by atomic mass is 10.0.